The number of imidazole rings is 1. The van der Waals surface area contributed by atoms with Gasteiger partial charge in [-0.25, -0.2) is 4.98 Å². The van der Waals surface area contributed by atoms with E-state index in [1.165, 1.54) is 0 Å². The van der Waals surface area contributed by atoms with Crippen molar-refractivity contribution >= 4 is 22.6 Å². The number of anilines is 1. The molecule has 0 aliphatic heterocycles. The first-order valence-electron chi connectivity index (χ1n) is 6.54. The van der Waals surface area contributed by atoms with E-state index in [1.54, 1.807) is 13.3 Å². The molecular weight excluding hydrogens is 262 g/mol. The number of hydrogen-bond acceptors (Lipinski definition) is 2. The van der Waals surface area contributed by atoms with Gasteiger partial charge in [-0.2, -0.15) is 0 Å². The van der Waals surface area contributed by atoms with Crippen LogP contribution in [0, 0.1) is 11.8 Å². The summed E-state index contributed by atoms with van der Waals surface area (Å²) >= 11 is 0. The van der Waals surface area contributed by atoms with Crippen molar-refractivity contribution in [1.29, 1.82) is 0 Å². The van der Waals surface area contributed by atoms with Gasteiger partial charge in [0.15, 0.2) is 0 Å². The molecule has 0 saturated heterocycles. The predicted octanol–water partition coefficient (Wildman–Crippen LogP) is 2.99. The van der Waals surface area contributed by atoms with Crippen LogP contribution in [0.15, 0.2) is 54.9 Å². The minimum atomic E-state index is -0.320. The lowest BCUT2D eigenvalue weighted by Gasteiger charge is -2.05. The number of fused-ring (bicyclic) bond motifs is 1. The van der Waals surface area contributed by atoms with Crippen LogP contribution in [0.25, 0.3) is 16.7 Å². The number of carbonyl (C=O) groups is 1. The number of carbonyl (C=O) groups excluding carboxylic acids is 1. The lowest BCUT2D eigenvalue weighted by atomic mass is 10.2. The molecule has 0 radical (unpaired) electrons. The van der Waals surface area contributed by atoms with E-state index in [4.69, 9.17) is 0 Å². The molecule has 0 aliphatic rings. The van der Waals surface area contributed by atoms with E-state index < -0.39 is 0 Å². The molecule has 0 atom stereocenters. The molecule has 4 heteroatoms. The molecule has 0 unspecified atom stereocenters. The summed E-state index contributed by atoms with van der Waals surface area (Å²) in [6.45, 7) is 1.63. The summed E-state index contributed by atoms with van der Waals surface area (Å²) < 4.78 is 2.01. The third-order valence-electron chi connectivity index (χ3n) is 3.08. The second kappa shape index (κ2) is 5.51. The van der Waals surface area contributed by atoms with Crippen molar-refractivity contribution in [2.24, 2.45) is 0 Å². The number of amides is 1. The molecule has 2 aromatic carbocycles. The molecule has 0 aliphatic carbocycles. The van der Waals surface area contributed by atoms with Gasteiger partial charge in [0.05, 0.1) is 11.0 Å². The van der Waals surface area contributed by atoms with Crippen LogP contribution >= 0.6 is 0 Å². The molecule has 1 amide bonds. The summed E-state index contributed by atoms with van der Waals surface area (Å²) in [4.78, 5) is 15.8. The van der Waals surface area contributed by atoms with Crippen LogP contribution < -0.4 is 5.32 Å². The fourth-order valence-corrected chi connectivity index (χ4v) is 2.16. The standard InChI is InChI=1S/C17H13N3O/c1-2-6-17(21)19-13-9-10-16-15(11-13)18-12-20(16)14-7-4-3-5-8-14/h3-5,7-12H,1H3,(H,19,21). The number of aromatic nitrogens is 2. The van der Waals surface area contributed by atoms with Crippen molar-refractivity contribution in [2.45, 2.75) is 6.92 Å². The van der Waals surface area contributed by atoms with Gasteiger partial charge < -0.3 is 5.32 Å². The van der Waals surface area contributed by atoms with Crippen LogP contribution in [0.1, 0.15) is 6.92 Å². The van der Waals surface area contributed by atoms with E-state index in [1.807, 2.05) is 53.1 Å². The second-order valence-electron chi connectivity index (χ2n) is 4.48. The van der Waals surface area contributed by atoms with E-state index in [-0.39, 0.29) is 5.91 Å². The number of nitrogens with zero attached hydrogens (tertiary/aromatic N) is 2. The highest BCUT2D eigenvalue weighted by Crippen LogP contribution is 2.21. The van der Waals surface area contributed by atoms with Crippen molar-refractivity contribution in [3.63, 3.8) is 0 Å². The van der Waals surface area contributed by atoms with Crippen molar-refractivity contribution in [1.82, 2.24) is 9.55 Å². The Morgan fingerprint density at radius 1 is 1.19 bits per heavy atom. The minimum absolute atomic E-state index is 0.320. The van der Waals surface area contributed by atoms with Gasteiger partial charge in [-0.3, -0.25) is 9.36 Å². The summed E-state index contributed by atoms with van der Waals surface area (Å²) in [5, 5.41) is 2.72. The van der Waals surface area contributed by atoms with Crippen LogP contribution in [0.4, 0.5) is 5.69 Å². The molecule has 102 valence electrons. The number of hydrogen-bond donors (Lipinski definition) is 1. The zero-order valence-electron chi connectivity index (χ0n) is 11.5. The van der Waals surface area contributed by atoms with Gasteiger partial charge >= 0.3 is 0 Å². The van der Waals surface area contributed by atoms with E-state index in [0.717, 1.165) is 16.7 Å². The number of rotatable bonds is 2. The van der Waals surface area contributed by atoms with E-state index in [9.17, 15) is 4.79 Å². The average molecular weight is 275 g/mol. The van der Waals surface area contributed by atoms with Gasteiger partial charge in [-0.05, 0) is 43.2 Å². The van der Waals surface area contributed by atoms with Gasteiger partial charge in [0.1, 0.15) is 6.33 Å². The number of benzene rings is 2. The van der Waals surface area contributed by atoms with Gasteiger partial charge in [0, 0.05) is 11.4 Å². The first-order chi connectivity index (χ1) is 10.3. The topological polar surface area (TPSA) is 46.9 Å². The number of nitrogens with one attached hydrogen (secondary N) is 1. The molecule has 1 aromatic heterocycles. The highest BCUT2D eigenvalue weighted by molar-refractivity contribution is 6.04. The molecular formula is C17H13N3O. The van der Waals surface area contributed by atoms with Gasteiger partial charge in [-0.1, -0.05) is 24.1 Å². The summed E-state index contributed by atoms with van der Waals surface area (Å²) in [5.41, 5.74) is 3.55. The summed E-state index contributed by atoms with van der Waals surface area (Å²) in [5.74, 6) is 4.70. The zero-order valence-corrected chi connectivity index (χ0v) is 11.5. The lowest BCUT2D eigenvalue weighted by Crippen LogP contribution is -2.08. The zero-order chi connectivity index (χ0) is 14.7. The molecule has 0 saturated carbocycles. The monoisotopic (exact) mass is 275 g/mol. The molecule has 0 fully saturated rings. The summed E-state index contributed by atoms with van der Waals surface area (Å²) in [6, 6.07) is 15.6. The van der Waals surface area contributed by atoms with Crippen LogP contribution in [-0.4, -0.2) is 15.5 Å². The highest BCUT2D eigenvalue weighted by Gasteiger charge is 2.06. The molecule has 21 heavy (non-hydrogen) atoms. The fourth-order valence-electron chi connectivity index (χ4n) is 2.16. The summed E-state index contributed by atoms with van der Waals surface area (Å²) in [6.07, 6.45) is 1.78. The SMILES string of the molecule is CC#CC(=O)Nc1ccc2c(c1)ncn2-c1ccccc1. The quantitative estimate of drug-likeness (QED) is 0.731. The Hall–Kier alpha value is -3.06. The maximum absolute atomic E-state index is 11.5. The highest BCUT2D eigenvalue weighted by atomic mass is 16.1. The van der Waals surface area contributed by atoms with Crippen molar-refractivity contribution in [3.8, 4) is 17.5 Å². The van der Waals surface area contributed by atoms with Crippen molar-refractivity contribution < 1.29 is 4.79 Å². The maximum Gasteiger partial charge on any atom is 0.300 e. The molecule has 0 bridgehead atoms. The Morgan fingerprint density at radius 3 is 2.76 bits per heavy atom. The van der Waals surface area contributed by atoms with Crippen LogP contribution in [0.3, 0.4) is 0 Å². The Bertz CT molecular complexity index is 854. The molecule has 4 nitrogen and oxygen atoms in total. The lowest BCUT2D eigenvalue weighted by molar-refractivity contribution is -0.111. The molecule has 3 aromatic rings. The normalized spacial score (nSPS) is 9.95. The van der Waals surface area contributed by atoms with Crippen LogP contribution in [0.5, 0.6) is 0 Å². The average Bonchev–Trinajstić information content (AvgIpc) is 2.91. The predicted molar refractivity (Wildman–Crippen MR) is 83.1 cm³/mol. The second-order valence-corrected chi connectivity index (χ2v) is 4.48. The van der Waals surface area contributed by atoms with Gasteiger partial charge in [0.2, 0.25) is 0 Å². The van der Waals surface area contributed by atoms with Gasteiger partial charge in [-0.15, -0.1) is 0 Å². The minimum Gasteiger partial charge on any atom is -0.315 e. The largest absolute Gasteiger partial charge is 0.315 e. The van der Waals surface area contributed by atoms with E-state index in [0.29, 0.717) is 5.69 Å². The molecule has 1 heterocycles. The van der Waals surface area contributed by atoms with E-state index >= 15 is 0 Å². The summed E-state index contributed by atoms with van der Waals surface area (Å²) in [7, 11) is 0. The van der Waals surface area contributed by atoms with Crippen molar-refractivity contribution in [3.05, 3.63) is 54.9 Å². The Labute approximate surface area is 122 Å². The van der Waals surface area contributed by atoms with Crippen LogP contribution in [-0.2, 0) is 4.79 Å². The van der Waals surface area contributed by atoms with Gasteiger partial charge in [0.25, 0.3) is 5.91 Å². The molecule has 0 spiro atoms. The fraction of sp³-hybridized carbons (Fsp3) is 0.0588. The first-order valence-corrected chi connectivity index (χ1v) is 6.54. The number of para-hydroxylation sites is 1. The smallest absolute Gasteiger partial charge is 0.300 e. The first kappa shape index (κ1) is 12.9. The third kappa shape index (κ3) is 2.63. The molecule has 1 N–H and O–H groups in total. The Morgan fingerprint density at radius 2 is 2.00 bits per heavy atom. The Kier molecular flexibility index (Phi) is 3.40. The maximum atomic E-state index is 11.5. The van der Waals surface area contributed by atoms with E-state index in [2.05, 4.69) is 22.1 Å². The Balaban J connectivity index is 1.98. The molecule has 3 rings (SSSR count). The van der Waals surface area contributed by atoms with Crippen molar-refractivity contribution in [2.75, 3.05) is 5.32 Å². The van der Waals surface area contributed by atoms with Crippen LogP contribution in [0.2, 0.25) is 0 Å². The third-order valence-corrected chi connectivity index (χ3v) is 3.08.